The van der Waals surface area contributed by atoms with Crippen LogP contribution < -0.4 is 9.62 Å². The number of nitrogens with one attached hydrogen (secondary N) is 1. The molecule has 208 valence electrons. The molecule has 0 bridgehead atoms. The van der Waals surface area contributed by atoms with Crippen LogP contribution in [0.2, 0.25) is 0 Å². The van der Waals surface area contributed by atoms with Crippen LogP contribution in [0.5, 0.6) is 0 Å². The van der Waals surface area contributed by atoms with Crippen LogP contribution in [0.4, 0.5) is 10.1 Å². The predicted octanol–water partition coefficient (Wildman–Crippen LogP) is 4.45. The van der Waals surface area contributed by atoms with Crippen LogP contribution in [-0.2, 0) is 32.6 Å². The van der Waals surface area contributed by atoms with Gasteiger partial charge in [-0.05, 0) is 49.6 Å². The third-order valence-corrected chi connectivity index (χ3v) is 7.62. The van der Waals surface area contributed by atoms with E-state index in [1.807, 2.05) is 75.4 Å². The minimum Gasteiger partial charge on any atom is -0.352 e. The molecule has 3 aromatic carbocycles. The zero-order valence-electron chi connectivity index (χ0n) is 22.8. The largest absolute Gasteiger partial charge is 0.352 e. The van der Waals surface area contributed by atoms with E-state index in [0.717, 1.165) is 33.3 Å². The Labute approximate surface area is 230 Å². The highest BCUT2D eigenvalue weighted by Gasteiger charge is 2.33. The van der Waals surface area contributed by atoms with E-state index in [4.69, 9.17) is 0 Å². The Bertz CT molecular complexity index is 1380. The molecule has 0 saturated heterocycles. The third kappa shape index (κ3) is 8.64. The maximum absolute atomic E-state index is 14.0. The quantitative estimate of drug-likeness (QED) is 0.359. The van der Waals surface area contributed by atoms with Gasteiger partial charge in [0.05, 0.1) is 11.9 Å². The zero-order chi connectivity index (χ0) is 28.6. The Morgan fingerprint density at radius 3 is 2.23 bits per heavy atom. The molecule has 7 nitrogen and oxygen atoms in total. The topological polar surface area (TPSA) is 86.8 Å². The van der Waals surface area contributed by atoms with Gasteiger partial charge in [-0.3, -0.25) is 13.9 Å². The SMILES string of the molecule is CC[C@H](C)NC(=O)[C@@H](Cc1ccccc1)N(Cc1cccc(C)c1)C(=O)CN(c1cccc(F)c1)S(C)(=O)=O. The van der Waals surface area contributed by atoms with Crippen LogP contribution in [-0.4, -0.2) is 50.0 Å². The van der Waals surface area contributed by atoms with Crippen molar-refractivity contribution in [1.82, 2.24) is 10.2 Å². The number of rotatable bonds is 12. The first-order valence-electron chi connectivity index (χ1n) is 12.9. The molecule has 0 aliphatic carbocycles. The van der Waals surface area contributed by atoms with Crippen molar-refractivity contribution in [2.75, 3.05) is 17.1 Å². The van der Waals surface area contributed by atoms with Crippen molar-refractivity contribution in [3.05, 3.63) is 101 Å². The van der Waals surface area contributed by atoms with Gasteiger partial charge in [-0.15, -0.1) is 0 Å². The summed E-state index contributed by atoms with van der Waals surface area (Å²) in [6.45, 7) is 5.28. The molecule has 0 aliphatic heterocycles. The predicted molar refractivity (Wildman–Crippen MR) is 152 cm³/mol. The van der Waals surface area contributed by atoms with E-state index >= 15 is 0 Å². The van der Waals surface area contributed by atoms with Gasteiger partial charge in [-0.25, -0.2) is 12.8 Å². The lowest BCUT2D eigenvalue weighted by atomic mass is 10.0. The highest BCUT2D eigenvalue weighted by Crippen LogP contribution is 2.21. The Kier molecular flexibility index (Phi) is 10.2. The van der Waals surface area contributed by atoms with E-state index < -0.39 is 34.3 Å². The van der Waals surface area contributed by atoms with E-state index in [2.05, 4.69) is 5.32 Å². The van der Waals surface area contributed by atoms with Gasteiger partial charge < -0.3 is 10.2 Å². The minimum absolute atomic E-state index is 0.0324. The fourth-order valence-electron chi connectivity index (χ4n) is 4.25. The van der Waals surface area contributed by atoms with Crippen LogP contribution >= 0.6 is 0 Å². The number of carbonyl (C=O) groups is 2. The van der Waals surface area contributed by atoms with E-state index in [0.29, 0.717) is 6.42 Å². The molecule has 0 aromatic heterocycles. The highest BCUT2D eigenvalue weighted by atomic mass is 32.2. The summed E-state index contributed by atoms with van der Waals surface area (Å²) in [4.78, 5) is 29.0. The summed E-state index contributed by atoms with van der Waals surface area (Å²) in [5.41, 5.74) is 2.68. The first kappa shape index (κ1) is 29.8. The van der Waals surface area contributed by atoms with Crippen molar-refractivity contribution < 1.29 is 22.4 Å². The van der Waals surface area contributed by atoms with Crippen LogP contribution in [0, 0.1) is 12.7 Å². The number of sulfonamides is 1. The van der Waals surface area contributed by atoms with Gasteiger partial charge in [-0.2, -0.15) is 0 Å². The lowest BCUT2D eigenvalue weighted by Gasteiger charge is -2.34. The summed E-state index contributed by atoms with van der Waals surface area (Å²) < 4.78 is 40.3. The number of hydrogen-bond acceptors (Lipinski definition) is 4. The Morgan fingerprint density at radius 1 is 0.949 bits per heavy atom. The molecule has 0 fully saturated rings. The molecule has 3 rings (SSSR count). The van der Waals surface area contributed by atoms with E-state index in [9.17, 15) is 22.4 Å². The molecule has 2 atom stereocenters. The Morgan fingerprint density at radius 2 is 1.62 bits per heavy atom. The van der Waals surface area contributed by atoms with Crippen molar-refractivity contribution in [3.8, 4) is 0 Å². The monoisotopic (exact) mass is 553 g/mol. The first-order chi connectivity index (χ1) is 18.5. The molecule has 9 heteroatoms. The standard InChI is InChI=1S/C30H36FN3O4S/c1-5-23(3)32-30(36)28(18-24-12-7-6-8-13-24)33(20-25-14-9-11-22(2)17-25)29(35)21-34(39(4,37)38)27-16-10-15-26(31)19-27/h6-17,19,23,28H,5,18,20-21H2,1-4H3,(H,32,36)/t23-,28+/m0/s1. The molecule has 0 saturated carbocycles. The van der Waals surface area contributed by atoms with Crippen molar-refractivity contribution >= 4 is 27.5 Å². The van der Waals surface area contributed by atoms with Crippen LogP contribution in [0.15, 0.2) is 78.9 Å². The fraction of sp³-hybridized carbons (Fsp3) is 0.333. The van der Waals surface area contributed by atoms with Crippen molar-refractivity contribution in [2.45, 2.75) is 52.2 Å². The molecule has 0 heterocycles. The van der Waals surface area contributed by atoms with Gasteiger partial charge in [0.2, 0.25) is 21.8 Å². The van der Waals surface area contributed by atoms with Gasteiger partial charge in [0.15, 0.2) is 0 Å². The molecule has 2 amide bonds. The summed E-state index contributed by atoms with van der Waals surface area (Å²) in [5.74, 6) is -1.53. The van der Waals surface area contributed by atoms with Crippen molar-refractivity contribution in [1.29, 1.82) is 0 Å². The molecule has 0 aliphatic rings. The molecule has 0 spiro atoms. The number of carbonyl (C=O) groups excluding carboxylic acids is 2. The van der Waals surface area contributed by atoms with Gasteiger partial charge in [-0.1, -0.05) is 73.2 Å². The minimum atomic E-state index is -3.95. The average Bonchev–Trinajstić information content (AvgIpc) is 2.89. The van der Waals surface area contributed by atoms with E-state index in [-0.39, 0.29) is 30.6 Å². The van der Waals surface area contributed by atoms with E-state index in [1.54, 1.807) is 0 Å². The number of halogens is 1. The number of anilines is 1. The summed E-state index contributed by atoms with van der Waals surface area (Å²) in [5, 5.41) is 2.99. The first-order valence-corrected chi connectivity index (χ1v) is 14.7. The van der Waals surface area contributed by atoms with Crippen LogP contribution in [0.3, 0.4) is 0 Å². The summed E-state index contributed by atoms with van der Waals surface area (Å²) in [6.07, 6.45) is 1.91. The number of benzene rings is 3. The number of amides is 2. The Hall–Kier alpha value is -3.72. The van der Waals surface area contributed by atoms with Crippen molar-refractivity contribution in [3.63, 3.8) is 0 Å². The molecular formula is C30H36FN3O4S. The second kappa shape index (κ2) is 13.4. The highest BCUT2D eigenvalue weighted by molar-refractivity contribution is 7.92. The number of hydrogen-bond donors (Lipinski definition) is 1. The summed E-state index contributed by atoms with van der Waals surface area (Å²) in [7, 11) is -3.95. The number of aryl methyl sites for hydroxylation is 1. The summed E-state index contributed by atoms with van der Waals surface area (Å²) >= 11 is 0. The molecule has 1 N–H and O–H groups in total. The third-order valence-electron chi connectivity index (χ3n) is 6.48. The van der Waals surface area contributed by atoms with Crippen LogP contribution in [0.1, 0.15) is 37.0 Å². The Balaban J connectivity index is 2.06. The van der Waals surface area contributed by atoms with E-state index in [1.165, 1.54) is 23.1 Å². The number of nitrogens with zero attached hydrogens (tertiary/aromatic N) is 2. The van der Waals surface area contributed by atoms with Crippen LogP contribution in [0.25, 0.3) is 0 Å². The van der Waals surface area contributed by atoms with Gasteiger partial charge in [0.1, 0.15) is 18.4 Å². The normalized spacial score (nSPS) is 12.8. The van der Waals surface area contributed by atoms with Gasteiger partial charge in [0.25, 0.3) is 0 Å². The second-order valence-electron chi connectivity index (χ2n) is 9.78. The average molecular weight is 554 g/mol. The lowest BCUT2D eigenvalue weighted by molar-refractivity contribution is -0.140. The molecule has 39 heavy (non-hydrogen) atoms. The van der Waals surface area contributed by atoms with Gasteiger partial charge >= 0.3 is 0 Å². The fourth-order valence-corrected chi connectivity index (χ4v) is 5.09. The van der Waals surface area contributed by atoms with Gasteiger partial charge in [0, 0.05) is 19.0 Å². The maximum atomic E-state index is 14.0. The molecular weight excluding hydrogens is 517 g/mol. The molecule has 3 aromatic rings. The zero-order valence-corrected chi connectivity index (χ0v) is 23.6. The second-order valence-corrected chi connectivity index (χ2v) is 11.7. The molecule has 0 radical (unpaired) electrons. The van der Waals surface area contributed by atoms with Crippen molar-refractivity contribution in [2.24, 2.45) is 0 Å². The maximum Gasteiger partial charge on any atom is 0.244 e. The molecule has 0 unspecified atom stereocenters. The summed E-state index contributed by atoms with van der Waals surface area (Å²) in [6, 6.07) is 21.0. The smallest absolute Gasteiger partial charge is 0.244 e. The lowest BCUT2D eigenvalue weighted by Crippen LogP contribution is -2.54.